The highest BCUT2D eigenvalue weighted by Crippen LogP contribution is 2.19. The van der Waals surface area contributed by atoms with E-state index in [4.69, 9.17) is 17.3 Å². The lowest BCUT2D eigenvalue weighted by Gasteiger charge is -2.08. The number of anilines is 2. The molecule has 2 rings (SSSR count). The van der Waals surface area contributed by atoms with Crippen molar-refractivity contribution in [2.45, 2.75) is 6.92 Å². The minimum Gasteiger partial charge on any atom is -0.366 e. The number of nitrogens with zero attached hydrogens (tertiary/aromatic N) is 2. The van der Waals surface area contributed by atoms with E-state index in [0.29, 0.717) is 16.5 Å². The first-order valence-corrected chi connectivity index (χ1v) is 5.59. The van der Waals surface area contributed by atoms with Gasteiger partial charge in [-0.25, -0.2) is 9.97 Å². The molecule has 0 aliphatic rings. The van der Waals surface area contributed by atoms with E-state index in [9.17, 15) is 4.79 Å². The highest BCUT2D eigenvalue weighted by atomic mass is 35.5. The van der Waals surface area contributed by atoms with Crippen LogP contribution in [0.25, 0.3) is 0 Å². The van der Waals surface area contributed by atoms with Crippen LogP contribution in [-0.4, -0.2) is 15.9 Å². The summed E-state index contributed by atoms with van der Waals surface area (Å²) >= 11 is 5.70. The number of benzene rings is 1. The lowest BCUT2D eigenvalue weighted by atomic mass is 10.1. The van der Waals surface area contributed by atoms with Crippen LogP contribution in [0.15, 0.2) is 30.6 Å². The van der Waals surface area contributed by atoms with Gasteiger partial charge in [-0.15, -0.1) is 0 Å². The van der Waals surface area contributed by atoms with Gasteiger partial charge in [0.25, 0.3) is 0 Å². The number of rotatable bonds is 3. The molecule has 18 heavy (non-hydrogen) atoms. The molecule has 1 aromatic carbocycles. The SMILES string of the molecule is Cc1cc(C(N)=O)ccc1Nc1ncc(Cl)cn1. The van der Waals surface area contributed by atoms with Gasteiger partial charge in [0.1, 0.15) is 0 Å². The van der Waals surface area contributed by atoms with E-state index in [1.165, 1.54) is 12.4 Å². The van der Waals surface area contributed by atoms with Crippen LogP contribution in [-0.2, 0) is 0 Å². The fourth-order valence-electron chi connectivity index (χ4n) is 1.45. The van der Waals surface area contributed by atoms with Crippen molar-refractivity contribution in [1.82, 2.24) is 9.97 Å². The van der Waals surface area contributed by atoms with Crippen molar-refractivity contribution in [3.63, 3.8) is 0 Å². The van der Waals surface area contributed by atoms with E-state index in [2.05, 4.69) is 15.3 Å². The van der Waals surface area contributed by atoms with Gasteiger partial charge in [0.2, 0.25) is 11.9 Å². The lowest BCUT2D eigenvalue weighted by Crippen LogP contribution is -2.11. The molecule has 6 heteroatoms. The third kappa shape index (κ3) is 2.75. The Morgan fingerprint density at radius 3 is 2.56 bits per heavy atom. The van der Waals surface area contributed by atoms with Crippen molar-refractivity contribution in [2.24, 2.45) is 5.73 Å². The van der Waals surface area contributed by atoms with Crippen LogP contribution >= 0.6 is 11.6 Å². The van der Waals surface area contributed by atoms with Crippen molar-refractivity contribution >= 4 is 29.1 Å². The molecule has 1 heterocycles. The number of halogens is 1. The van der Waals surface area contributed by atoms with Crippen molar-refractivity contribution in [3.8, 4) is 0 Å². The minimum absolute atomic E-state index is 0.439. The Kier molecular flexibility index (Phi) is 3.43. The third-order valence-corrected chi connectivity index (χ3v) is 2.57. The highest BCUT2D eigenvalue weighted by Gasteiger charge is 2.05. The first-order chi connectivity index (χ1) is 8.56. The van der Waals surface area contributed by atoms with E-state index >= 15 is 0 Å². The van der Waals surface area contributed by atoms with Crippen molar-refractivity contribution in [3.05, 3.63) is 46.7 Å². The van der Waals surface area contributed by atoms with Gasteiger partial charge in [-0.3, -0.25) is 4.79 Å². The Labute approximate surface area is 109 Å². The largest absolute Gasteiger partial charge is 0.366 e. The van der Waals surface area contributed by atoms with Crippen LogP contribution in [0, 0.1) is 6.92 Å². The molecule has 1 amide bonds. The number of carbonyl (C=O) groups excluding carboxylic acids is 1. The maximum Gasteiger partial charge on any atom is 0.248 e. The zero-order chi connectivity index (χ0) is 13.1. The van der Waals surface area contributed by atoms with Crippen LogP contribution in [0.5, 0.6) is 0 Å². The number of primary amides is 1. The molecule has 0 aliphatic carbocycles. The first-order valence-electron chi connectivity index (χ1n) is 5.21. The van der Waals surface area contributed by atoms with Gasteiger partial charge in [-0.2, -0.15) is 0 Å². The van der Waals surface area contributed by atoms with Crippen molar-refractivity contribution in [1.29, 1.82) is 0 Å². The molecule has 0 unspecified atom stereocenters. The van der Waals surface area contributed by atoms with E-state index in [1.807, 2.05) is 6.92 Å². The van der Waals surface area contributed by atoms with E-state index in [0.717, 1.165) is 11.3 Å². The molecule has 0 bridgehead atoms. The van der Waals surface area contributed by atoms with Gasteiger partial charge >= 0.3 is 0 Å². The average Bonchev–Trinajstić information content (AvgIpc) is 2.34. The smallest absolute Gasteiger partial charge is 0.248 e. The van der Waals surface area contributed by atoms with Crippen LogP contribution in [0.1, 0.15) is 15.9 Å². The number of nitrogens with two attached hydrogens (primary N) is 1. The number of aromatic nitrogens is 2. The highest BCUT2D eigenvalue weighted by molar-refractivity contribution is 6.30. The Morgan fingerprint density at radius 1 is 1.33 bits per heavy atom. The Balaban J connectivity index is 2.24. The second-order valence-corrected chi connectivity index (χ2v) is 4.18. The normalized spacial score (nSPS) is 10.1. The van der Waals surface area contributed by atoms with E-state index in [-0.39, 0.29) is 0 Å². The topological polar surface area (TPSA) is 80.9 Å². The van der Waals surface area contributed by atoms with Crippen molar-refractivity contribution < 1.29 is 4.79 Å². The summed E-state index contributed by atoms with van der Waals surface area (Å²) in [5.74, 6) is -0.0123. The third-order valence-electron chi connectivity index (χ3n) is 2.38. The molecule has 92 valence electrons. The Bertz CT molecular complexity index is 583. The van der Waals surface area contributed by atoms with E-state index in [1.54, 1.807) is 18.2 Å². The first kappa shape index (κ1) is 12.3. The summed E-state index contributed by atoms with van der Waals surface area (Å²) in [7, 11) is 0. The molecular weight excluding hydrogens is 252 g/mol. The predicted octanol–water partition coefficient (Wildman–Crippen LogP) is 2.28. The molecule has 3 N–H and O–H groups in total. The summed E-state index contributed by atoms with van der Waals surface area (Å²) in [5.41, 5.74) is 7.36. The monoisotopic (exact) mass is 262 g/mol. The number of nitrogens with one attached hydrogen (secondary N) is 1. The second-order valence-electron chi connectivity index (χ2n) is 3.74. The number of aryl methyl sites for hydroxylation is 1. The Hall–Kier alpha value is -2.14. The second kappa shape index (κ2) is 5.01. The van der Waals surface area contributed by atoms with E-state index < -0.39 is 5.91 Å². The Morgan fingerprint density at radius 2 is 2.00 bits per heavy atom. The van der Waals surface area contributed by atoms with Gasteiger partial charge in [0.05, 0.1) is 17.4 Å². The summed E-state index contributed by atoms with van der Waals surface area (Å²) in [6.07, 6.45) is 3.01. The molecule has 0 atom stereocenters. The van der Waals surface area contributed by atoms with Gasteiger partial charge in [0, 0.05) is 11.3 Å². The summed E-state index contributed by atoms with van der Waals surface area (Å²) in [5, 5.41) is 3.51. The average molecular weight is 263 g/mol. The fourth-order valence-corrected chi connectivity index (χ4v) is 1.55. The van der Waals surface area contributed by atoms with Gasteiger partial charge in [0.15, 0.2) is 0 Å². The van der Waals surface area contributed by atoms with Crippen molar-refractivity contribution in [2.75, 3.05) is 5.32 Å². The van der Waals surface area contributed by atoms with Crippen LogP contribution in [0.2, 0.25) is 5.02 Å². The molecule has 0 fully saturated rings. The molecular formula is C12H11ClN4O. The molecule has 0 radical (unpaired) electrons. The minimum atomic E-state index is -0.451. The summed E-state index contributed by atoms with van der Waals surface area (Å²) < 4.78 is 0. The van der Waals surface area contributed by atoms with Gasteiger partial charge in [-0.05, 0) is 30.7 Å². The van der Waals surface area contributed by atoms with Gasteiger partial charge < -0.3 is 11.1 Å². The van der Waals surface area contributed by atoms with Crippen LogP contribution < -0.4 is 11.1 Å². The molecule has 0 saturated heterocycles. The maximum absolute atomic E-state index is 11.0. The zero-order valence-corrected chi connectivity index (χ0v) is 10.4. The molecule has 2 aromatic rings. The summed E-state index contributed by atoms with van der Waals surface area (Å²) in [4.78, 5) is 19.1. The van der Waals surface area contributed by atoms with Crippen LogP contribution in [0.4, 0.5) is 11.6 Å². The lowest BCUT2D eigenvalue weighted by molar-refractivity contribution is 0.100. The fraction of sp³-hybridized carbons (Fsp3) is 0.0833. The maximum atomic E-state index is 11.0. The predicted molar refractivity (Wildman–Crippen MR) is 70.0 cm³/mol. The summed E-state index contributed by atoms with van der Waals surface area (Å²) in [6.45, 7) is 1.87. The molecule has 0 aliphatic heterocycles. The standard InChI is InChI=1S/C12H11ClN4O/c1-7-4-8(11(14)18)2-3-10(7)17-12-15-5-9(13)6-16-12/h2-6H,1H3,(H2,14,18)(H,15,16,17). The molecule has 5 nitrogen and oxygen atoms in total. The molecule has 1 aromatic heterocycles. The number of amides is 1. The molecule has 0 saturated carbocycles. The number of carbonyl (C=O) groups is 1. The van der Waals surface area contributed by atoms with Gasteiger partial charge in [-0.1, -0.05) is 11.6 Å². The quantitative estimate of drug-likeness (QED) is 0.889. The number of hydrogen-bond acceptors (Lipinski definition) is 4. The zero-order valence-electron chi connectivity index (χ0n) is 9.64. The number of hydrogen-bond donors (Lipinski definition) is 2. The summed E-state index contributed by atoms with van der Waals surface area (Å²) in [6, 6.07) is 5.11. The van der Waals surface area contributed by atoms with Crippen LogP contribution in [0.3, 0.4) is 0 Å². The molecule has 0 spiro atoms.